The van der Waals surface area contributed by atoms with Gasteiger partial charge in [-0.2, -0.15) is 0 Å². The third-order valence-corrected chi connectivity index (χ3v) is 5.96. The Hall–Kier alpha value is -1.69. The van der Waals surface area contributed by atoms with Crippen LogP contribution in [0, 0.1) is 26.2 Å². The first-order valence-corrected chi connectivity index (χ1v) is 9.78. The minimum Gasteiger partial charge on any atom is -0.385 e. The van der Waals surface area contributed by atoms with Gasteiger partial charge >= 0.3 is 0 Å². The first-order valence-electron chi connectivity index (χ1n) is 9.78. The fourth-order valence-corrected chi connectivity index (χ4v) is 4.49. The average molecular weight is 361 g/mol. The Balaban J connectivity index is 1.76. The van der Waals surface area contributed by atoms with E-state index in [0.29, 0.717) is 18.9 Å². The van der Waals surface area contributed by atoms with E-state index in [9.17, 15) is 4.79 Å². The van der Waals surface area contributed by atoms with Gasteiger partial charge in [-0.25, -0.2) is 9.97 Å². The Bertz CT molecular complexity index is 663. The highest BCUT2D eigenvalue weighted by atomic mass is 16.5. The van der Waals surface area contributed by atoms with Crippen LogP contribution in [0.2, 0.25) is 0 Å². The van der Waals surface area contributed by atoms with Gasteiger partial charge in [-0.3, -0.25) is 4.79 Å². The van der Waals surface area contributed by atoms with Crippen molar-refractivity contribution in [2.45, 2.75) is 52.9 Å². The topological polar surface area (TPSA) is 58.6 Å². The molecule has 1 amide bonds. The van der Waals surface area contributed by atoms with E-state index in [0.717, 1.165) is 62.8 Å². The molecule has 0 saturated carbocycles. The predicted octanol–water partition coefficient (Wildman–Crippen LogP) is 2.65. The van der Waals surface area contributed by atoms with E-state index in [-0.39, 0.29) is 5.41 Å². The highest BCUT2D eigenvalue weighted by molar-refractivity contribution is 5.77. The number of likely N-dealkylation sites (tertiary alicyclic amines) is 1. The molecule has 0 aliphatic carbocycles. The number of amides is 1. The Morgan fingerprint density at radius 1 is 1.15 bits per heavy atom. The summed E-state index contributed by atoms with van der Waals surface area (Å²) in [6.07, 6.45) is 4.92. The average Bonchev–Trinajstić information content (AvgIpc) is 2.62. The number of piperidine rings is 2. The van der Waals surface area contributed by atoms with Crippen molar-refractivity contribution in [1.82, 2.24) is 14.9 Å². The minimum absolute atomic E-state index is 0.193. The quantitative estimate of drug-likeness (QED) is 0.756. The Kier molecular flexibility index (Phi) is 5.80. The largest absolute Gasteiger partial charge is 0.385 e. The number of methoxy groups -OCH3 is 1. The van der Waals surface area contributed by atoms with E-state index < -0.39 is 0 Å². The minimum atomic E-state index is 0.193. The van der Waals surface area contributed by atoms with Crippen LogP contribution in [0.4, 0.5) is 5.82 Å². The summed E-state index contributed by atoms with van der Waals surface area (Å²) in [7, 11) is 1.71. The first-order chi connectivity index (χ1) is 12.4. The van der Waals surface area contributed by atoms with Crippen LogP contribution in [0.15, 0.2) is 0 Å². The molecule has 1 atom stereocenters. The monoisotopic (exact) mass is 360 g/mol. The molecule has 6 nitrogen and oxygen atoms in total. The Morgan fingerprint density at radius 3 is 2.73 bits per heavy atom. The smallest absolute Gasteiger partial charge is 0.222 e. The molecule has 6 heteroatoms. The lowest BCUT2D eigenvalue weighted by molar-refractivity contribution is -0.138. The first kappa shape index (κ1) is 19.1. The number of aryl methyl sites for hydroxylation is 2. The van der Waals surface area contributed by atoms with Gasteiger partial charge in [-0.05, 0) is 46.5 Å². The molecule has 2 aliphatic heterocycles. The molecule has 26 heavy (non-hydrogen) atoms. The number of aromatic nitrogens is 2. The van der Waals surface area contributed by atoms with Gasteiger partial charge < -0.3 is 14.5 Å². The summed E-state index contributed by atoms with van der Waals surface area (Å²) in [6, 6.07) is 0. The lowest BCUT2D eigenvalue weighted by Gasteiger charge is -2.48. The predicted molar refractivity (Wildman–Crippen MR) is 102 cm³/mol. The van der Waals surface area contributed by atoms with Gasteiger partial charge in [0.15, 0.2) is 0 Å². The Morgan fingerprint density at radius 2 is 1.96 bits per heavy atom. The summed E-state index contributed by atoms with van der Waals surface area (Å²) in [5, 5.41) is 0. The number of carbonyl (C=O) groups excluding carboxylic acids is 1. The van der Waals surface area contributed by atoms with Crippen LogP contribution in [0.25, 0.3) is 0 Å². The van der Waals surface area contributed by atoms with Crippen LogP contribution in [-0.4, -0.2) is 60.7 Å². The standard InChI is InChI=1S/C20H32N4O2/c1-15-16(2)21-17(3)22-19(15)24-10-5-8-20(14-24)9-7-18(25)23(13-20)11-6-12-26-4/h5-14H2,1-4H3/t20-/m1/s1. The molecule has 2 aliphatic rings. The summed E-state index contributed by atoms with van der Waals surface area (Å²) in [5.74, 6) is 2.22. The molecule has 144 valence electrons. The molecule has 0 aromatic carbocycles. The Labute approximate surface area is 156 Å². The van der Waals surface area contributed by atoms with E-state index in [2.05, 4.69) is 28.6 Å². The van der Waals surface area contributed by atoms with E-state index in [1.54, 1.807) is 7.11 Å². The molecule has 0 radical (unpaired) electrons. The van der Waals surface area contributed by atoms with Crippen molar-refractivity contribution in [3.63, 3.8) is 0 Å². The highest BCUT2D eigenvalue weighted by Gasteiger charge is 2.42. The molecule has 0 unspecified atom stereocenters. The van der Waals surface area contributed by atoms with Crippen LogP contribution in [0.3, 0.4) is 0 Å². The maximum absolute atomic E-state index is 12.4. The molecule has 1 aromatic heterocycles. The summed E-state index contributed by atoms with van der Waals surface area (Å²) < 4.78 is 5.16. The van der Waals surface area contributed by atoms with Crippen LogP contribution in [0.5, 0.6) is 0 Å². The van der Waals surface area contributed by atoms with Crippen LogP contribution < -0.4 is 4.90 Å². The second-order valence-corrected chi connectivity index (χ2v) is 7.99. The SMILES string of the molecule is COCCCN1C[C@@]2(CCCN(c3nc(C)nc(C)c3C)C2)CCC1=O. The van der Waals surface area contributed by atoms with Crippen molar-refractivity contribution < 1.29 is 9.53 Å². The lowest BCUT2D eigenvalue weighted by Crippen LogP contribution is -2.54. The van der Waals surface area contributed by atoms with Gasteiger partial charge in [0.25, 0.3) is 0 Å². The molecule has 2 fully saturated rings. The van der Waals surface area contributed by atoms with E-state index in [1.807, 2.05) is 6.92 Å². The van der Waals surface area contributed by atoms with Crippen LogP contribution >= 0.6 is 0 Å². The maximum Gasteiger partial charge on any atom is 0.222 e. The number of hydrogen-bond donors (Lipinski definition) is 0. The van der Waals surface area contributed by atoms with Gasteiger partial charge in [0.1, 0.15) is 11.6 Å². The van der Waals surface area contributed by atoms with Gasteiger partial charge in [-0.1, -0.05) is 0 Å². The third-order valence-electron chi connectivity index (χ3n) is 5.96. The van der Waals surface area contributed by atoms with E-state index >= 15 is 0 Å². The third kappa shape index (κ3) is 4.00. The fraction of sp³-hybridized carbons (Fsp3) is 0.750. The summed E-state index contributed by atoms with van der Waals surface area (Å²) in [6.45, 7) is 10.5. The molecule has 2 saturated heterocycles. The van der Waals surface area contributed by atoms with Crippen LogP contribution in [0.1, 0.15) is 49.2 Å². The van der Waals surface area contributed by atoms with Gasteiger partial charge in [0.2, 0.25) is 5.91 Å². The number of carbonyl (C=O) groups is 1. The summed E-state index contributed by atoms with van der Waals surface area (Å²) in [5.41, 5.74) is 2.43. The van der Waals surface area contributed by atoms with Gasteiger partial charge in [0.05, 0.1) is 0 Å². The zero-order valence-corrected chi connectivity index (χ0v) is 16.7. The summed E-state index contributed by atoms with van der Waals surface area (Å²) >= 11 is 0. The number of hydrogen-bond acceptors (Lipinski definition) is 5. The van der Waals surface area contributed by atoms with Crippen molar-refractivity contribution in [2.75, 3.05) is 44.8 Å². The van der Waals surface area contributed by atoms with E-state index in [4.69, 9.17) is 9.72 Å². The van der Waals surface area contributed by atoms with Crippen LogP contribution in [-0.2, 0) is 9.53 Å². The lowest BCUT2D eigenvalue weighted by atomic mass is 9.73. The molecular formula is C20H32N4O2. The molecule has 0 bridgehead atoms. The molecule has 3 rings (SSSR count). The molecule has 1 aromatic rings. The normalized spacial score (nSPS) is 23.8. The fourth-order valence-electron chi connectivity index (χ4n) is 4.49. The number of rotatable bonds is 5. The molecule has 1 spiro atoms. The zero-order valence-electron chi connectivity index (χ0n) is 16.7. The van der Waals surface area contributed by atoms with Crippen molar-refractivity contribution in [2.24, 2.45) is 5.41 Å². The number of anilines is 1. The van der Waals surface area contributed by atoms with Crippen molar-refractivity contribution in [1.29, 1.82) is 0 Å². The number of nitrogens with zero attached hydrogens (tertiary/aromatic N) is 4. The molecule has 3 heterocycles. The van der Waals surface area contributed by atoms with E-state index in [1.165, 1.54) is 12.0 Å². The molecule has 0 N–H and O–H groups in total. The molecular weight excluding hydrogens is 328 g/mol. The zero-order chi connectivity index (χ0) is 18.7. The van der Waals surface area contributed by atoms with Gasteiger partial charge in [0, 0.05) is 63.0 Å². The number of ether oxygens (including phenoxy) is 1. The maximum atomic E-state index is 12.4. The highest BCUT2D eigenvalue weighted by Crippen LogP contribution is 2.40. The van der Waals surface area contributed by atoms with Crippen molar-refractivity contribution in [3.05, 3.63) is 17.1 Å². The van der Waals surface area contributed by atoms with Crippen molar-refractivity contribution in [3.8, 4) is 0 Å². The second-order valence-electron chi connectivity index (χ2n) is 7.99. The van der Waals surface area contributed by atoms with Gasteiger partial charge in [-0.15, -0.1) is 0 Å². The second kappa shape index (κ2) is 7.91. The summed E-state index contributed by atoms with van der Waals surface area (Å²) in [4.78, 5) is 26.1. The van der Waals surface area contributed by atoms with Crippen molar-refractivity contribution >= 4 is 11.7 Å².